The van der Waals surface area contributed by atoms with Gasteiger partial charge >= 0.3 is 0 Å². The first kappa shape index (κ1) is 9.86. The maximum atomic E-state index is 9.33. The van der Waals surface area contributed by atoms with Gasteiger partial charge in [0.2, 0.25) is 0 Å². The topological polar surface area (TPSA) is 20.2 Å². The minimum Gasteiger partial charge on any atom is -0.396 e. The van der Waals surface area contributed by atoms with E-state index in [1.165, 1.54) is 43.4 Å². The zero-order valence-corrected chi connectivity index (χ0v) is 9.91. The molecule has 0 saturated heterocycles. The van der Waals surface area contributed by atoms with Crippen molar-refractivity contribution in [1.29, 1.82) is 0 Å². The van der Waals surface area contributed by atoms with E-state index in [2.05, 4.69) is 6.07 Å². The molecule has 0 bridgehead atoms. The van der Waals surface area contributed by atoms with Crippen LogP contribution in [0.25, 0.3) is 0 Å². The molecule has 3 rings (SSSR count). The van der Waals surface area contributed by atoms with Crippen LogP contribution < -0.4 is 0 Å². The van der Waals surface area contributed by atoms with Crippen LogP contribution in [0.5, 0.6) is 0 Å². The molecule has 2 heteroatoms. The number of aryl methyl sites for hydroxylation is 2. The Hall–Kier alpha value is -0.340. The van der Waals surface area contributed by atoms with Crippen molar-refractivity contribution < 1.29 is 5.11 Å². The Morgan fingerprint density at radius 1 is 1.27 bits per heavy atom. The molecule has 1 aromatic rings. The molecule has 0 unspecified atom stereocenters. The Balaban J connectivity index is 1.78. The smallest absolute Gasteiger partial charge is 0.0490 e. The fourth-order valence-corrected chi connectivity index (χ4v) is 4.01. The predicted octanol–water partition coefficient (Wildman–Crippen LogP) is 2.94. The van der Waals surface area contributed by atoms with E-state index < -0.39 is 0 Å². The largest absolute Gasteiger partial charge is 0.396 e. The number of thiophene rings is 1. The second-order valence-corrected chi connectivity index (χ2v) is 6.42. The highest BCUT2D eigenvalue weighted by atomic mass is 32.1. The molecule has 15 heavy (non-hydrogen) atoms. The summed E-state index contributed by atoms with van der Waals surface area (Å²) in [5.41, 5.74) is 1.89. The van der Waals surface area contributed by atoms with Gasteiger partial charge in [-0.05, 0) is 62.0 Å². The van der Waals surface area contributed by atoms with Gasteiger partial charge in [-0.3, -0.25) is 0 Å². The molecule has 0 amide bonds. The van der Waals surface area contributed by atoms with Crippen LogP contribution in [0.2, 0.25) is 0 Å². The predicted molar refractivity (Wildman–Crippen MR) is 63.4 cm³/mol. The van der Waals surface area contributed by atoms with Crippen LogP contribution in [0, 0.1) is 5.41 Å². The van der Waals surface area contributed by atoms with Crippen LogP contribution in [0.15, 0.2) is 6.07 Å². The van der Waals surface area contributed by atoms with Crippen molar-refractivity contribution in [2.45, 2.75) is 44.9 Å². The van der Waals surface area contributed by atoms with E-state index >= 15 is 0 Å². The Bertz CT molecular complexity index is 339. The molecule has 1 nitrogen and oxygen atoms in total. The van der Waals surface area contributed by atoms with Crippen molar-refractivity contribution in [2.75, 3.05) is 6.61 Å². The molecule has 0 atom stereocenters. The van der Waals surface area contributed by atoms with Crippen molar-refractivity contribution in [1.82, 2.24) is 0 Å². The van der Waals surface area contributed by atoms with E-state index in [-0.39, 0.29) is 5.41 Å². The lowest BCUT2D eigenvalue weighted by atomic mass is 9.97. The molecule has 0 radical (unpaired) electrons. The second kappa shape index (κ2) is 3.60. The van der Waals surface area contributed by atoms with E-state index in [9.17, 15) is 5.11 Å². The lowest BCUT2D eigenvalue weighted by molar-refractivity contribution is 0.212. The first-order chi connectivity index (χ1) is 7.31. The summed E-state index contributed by atoms with van der Waals surface area (Å²) < 4.78 is 0. The van der Waals surface area contributed by atoms with E-state index in [1.54, 1.807) is 10.4 Å². The molecule has 82 valence electrons. The molecule has 0 spiro atoms. The molecule has 2 aliphatic rings. The monoisotopic (exact) mass is 222 g/mol. The van der Waals surface area contributed by atoms with Crippen molar-refractivity contribution in [3.8, 4) is 0 Å². The van der Waals surface area contributed by atoms with Crippen molar-refractivity contribution in [3.05, 3.63) is 21.4 Å². The van der Waals surface area contributed by atoms with Gasteiger partial charge < -0.3 is 5.11 Å². The molecular formula is C13H18OS. The van der Waals surface area contributed by atoms with Crippen molar-refractivity contribution >= 4 is 11.3 Å². The lowest BCUT2D eigenvalue weighted by Gasteiger charge is -2.08. The van der Waals surface area contributed by atoms with E-state index in [0.717, 1.165) is 6.42 Å². The summed E-state index contributed by atoms with van der Waals surface area (Å²) in [5.74, 6) is 0. The Morgan fingerprint density at radius 3 is 2.73 bits per heavy atom. The average Bonchev–Trinajstić information content (AvgIpc) is 2.91. The zero-order valence-electron chi connectivity index (χ0n) is 9.09. The summed E-state index contributed by atoms with van der Waals surface area (Å²) >= 11 is 2.01. The maximum Gasteiger partial charge on any atom is 0.0490 e. The number of fused-ring (bicyclic) bond motifs is 1. The van der Waals surface area contributed by atoms with E-state index in [0.29, 0.717) is 6.61 Å². The second-order valence-electron chi connectivity index (χ2n) is 5.20. The summed E-state index contributed by atoms with van der Waals surface area (Å²) in [7, 11) is 0. The highest BCUT2D eigenvalue weighted by Gasteiger charge is 2.42. The molecule has 2 aliphatic carbocycles. The first-order valence-corrected chi connectivity index (χ1v) is 6.84. The lowest BCUT2D eigenvalue weighted by Crippen LogP contribution is -2.08. The van der Waals surface area contributed by atoms with Crippen LogP contribution in [0.3, 0.4) is 0 Å². The number of rotatable bonds is 3. The number of aliphatic hydroxyl groups excluding tert-OH is 1. The van der Waals surface area contributed by atoms with Crippen molar-refractivity contribution in [3.63, 3.8) is 0 Å². The normalized spacial score (nSPS) is 22.5. The molecule has 1 saturated carbocycles. The Kier molecular flexibility index (Phi) is 2.37. The summed E-state index contributed by atoms with van der Waals surface area (Å²) in [5, 5.41) is 9.33. The van der Waals surface area contributed by atoms with E-state index in [1.807, 2.05) is 11.3 Å². The minimum absolute atomic E-state index is 0.285. The third-order valence-electron chi connectivity index (χ3n) is 3.89. The van der Waals surface area contributed by atoms with Crippen LogP contribution in [-0.4, -0.2) is 11.7 Å². The standard InChI is InChI=1S/C13H18OS/c14-9-13(5-6-13)8-11-7-10-3-1-2-4-12(10)15-11/h7,14H,1-6,8-9H2. The van der Waals surface area contributed by atoms with Gasteiger partial charge in [-0.15, -0.1) is 11.3 Å². The highest BCUT2D eigenvalue weighted by molar-refractivity contribution is 7.12. The summed E-state index contributed by atoms with van der Waals surface area (Å²) in [6.07, 6.45) is 8.91. The molecule has 0 aliphatic heterocycles. The zero-order chi connectivity index (χ0) is 10.3. The highest BCUT2D eigenvalue weighted by Crippen LogP contribution is 2.49. The quantitative estimate of drug-likeness (QED) is 0.833. The first-order valence-electron chi connectivity index (χ1n) is 6.03. The average molecular weight is 222 g/mol. The van der Waals surface area contributed by atoms with E-state index in [4.69, 9.17) is 0 Å². The van der Waals surface area contributed by atoms with Gasteiger partial charge in [0.25, 0.3) is 0 Å². The molecule has 1 fully saturated rings. The fourth-order valence-electron chi connectivity index (χ4n) is 2.58. The minimum atomic E-state index is 0.285. The summed E-state index contributed by atoms with van der Waals surface area (Å²) in [6.45, 7) is 0.384. The van der Waals surface area contributed by atoms with Crippen LogP contribution in [0.4, 0.5) is 0 Å². The van der Waals surface area contributed by atoms with Gasteiger partial charge in [0, 0.05) is 16.4 Å². The summed E-state index contributed by atoms with van der Waals surface area (Å²) in [6, 6.07) is 2.41. The van der Waals surface area contributed by atoms with Gasteiger partial charge in [0.05, 0.1) is 0 Å². The number of hydrogen-bond donors (Lipinski definition) is 1. The molecule has 0 aromatic carbocycles. The molecule has 1 N–H and O–H groups in total. The fraction of sp³-hybridized carbons (Fsp3) is 0.692. The summed E-state index contributed by atoms with van der Waals surface area (Å²) in [4.78, 5) is 3.15. The molecule has 1 heterocycles. The van der Waals surface area contributed by atoms with Gasteiger partial charge in [-0.25, -0.2) is 0 Å². The molecule has 1 aromatic heterocycles. The Labute approximate surface area is 95.1 Å². The number of aliphatic hydroxyl groups is 1. The van der Waals surface area contributed by atoms with Crippen LogP contribution in [0.1, 0.15) is 41.0 Å². The number of hydrogen-bond acceptors (Lipinski definition) is 2. The Morgan fingerprint density at radius 2 is 2.07 bits per heavy atom. The maximum absolute atomic E-state index is 9.33. The van der Waals surface area contributed by atoms with Gasteiger partial charge in [0.15, 0.2) is 0 Å². The third-order valence-corrected chi connectivity index (χ3v) is 5.13. The van der Waals surface area contributed by atoms with Gasteiger partial charge in [0.1, 0.15) is 0 Å². The van der Waals surface area contributed by atoms with Gasteiger partial charge in [-0.2, -0.15) is 0 Å². The third kappa shape index (κ3) is 1.85. The van der Waals surface area contributed by atoms with Crippen LogP contribution >= 0.6 is 11.3 Å². The SMILES string of the molecule is OCC1(Cc2cc3c(s2)CCCC3)CC1. The van der Waals surface area contributed by atoms with Gasteiger partial charge in [-0.1, -0.05) is 0 Å². The van der Waals surface area contributed by atoms with Crippen LogP contribution in [-0.2, 0) is 19.3 Å². The van der Waals surface area contributed by atoms with Crippen molar-refractivity contribution in [2.24, 2.45) is 5.41 Å². The molecular weight excluding hydrogens is 204 g/mol.